The zero-order valence-electron chi connectivity index (χ0n) is 13.9. The molecule has 1 aromatic carbocycles. The number of benzene rings is 1. The van der Waals surface area contributed by atoms with Crippen molar-refractivity contribution < 1.29 is 9.90 Å². The molecule has 2 aromatic rings. The van der Waals surface area contributed by atoms with Gasteiger partial charge in [0.05, 0.1) is 17.4 Å². The number of amides is 1. The minimum absolute atomic E-state index is 0.0261. The van der Waals surface area contributed by atoms with E-state index in [4.69, 9.17) is 11.6 Å². The molecule has 0 bridgehead atoms. The molecule has 0 radical (unpaired) electrons. The highest BCUT2D eigenvalue weighted by Gasteiger charge is 2.30. The van der Waals surface area contributed by atoms with Crippen LogP contribution in [0.5, 0.6) is 0 Å². The lowest BCUT2D eigenvalue weighted by Gasteiger charge is -2.34. The first-order valence-corrected chi connectivity index (χ1v) is 8.59. The number of aryl methyl sites for hydroxylation is 2. The van der Waals surface area contributed by atoms with E-state index in [0.29, 0.717) is 23.7 Å². The molecular formula is C18H22ClN3O2. The zero-order valence-corrected chi connectivity index (χ0v) is 14.7. The van der Waals surface area contributed by atoms with Crippen molar-refractivity contribution in [1.82, 2.24) is 15.1 Å². The van der Waals surface area contributed by atoms with Crippen molar-refractivity contribution in [2.45, 2.75) is 32.8 Å². The number of aromatic amines is 1. The third kappa shape index (κ3) is 3.32. The largest absolute Gasteiger partial charge is 0.388 e. The summed E-state index contributed by atoms with van der Waals surface area (Å²) >= 11 is 5.90. The van der Waals surface area contributed by atoms with Crippen LogP contribution in [0.1, 0.15) is 46.3 Å². The molecule has 0 spiro atoms. The SMILES string of the molecule is Cc1n[nH]c(C)c1C(=O)N1CCC(C(O)c2ccc(Cl)cc2)CC1. The first kappa shape index (κ1) is 17.0. The summed E-state index contributed by atoms with van der Waals surface area (Å²) in [5.74, 6) is 0.181. The van der Waals surface area contributed by atoms with Gasteiger partial charge in [0, 0.05) is 23.8 Å². The third-order valence-electron chi connectivity index (χ3n) is 4.83. The van der Waals surface area contributed by atoms with Crippen molar-refractivity contribution in [2.75, 3.05) is 13.1 Å². The highest BCUT2D eigenvalue weighted by atomic mass is 35.5. The maximum atomic E-state index is 12.7. The summed E-state index contributed by atoms with van der Waals surface area (Å²) in [5.41, 5.74) is 3.10. The third-order valence-corrected chi connectivity index (χ3v) is 5.08. The second kappa shape index (κ2) is 6.95. The summed E-state index contributed by atoms with van der Waals surface area (Å²) in [6.45, 7) is 5.01. The maximum Gasteiger partial charge on any atom is 0.257 e. The lowest BCUT2D eigenvalue weighted by molar-refractivity contribution is 0.0461. The number of carbonyl (C=O) groups is 1. The van der Waals surface area contributed by atoms with Gasteiger partial charge in [-0.15, -0.1) is 0 Å². The molecular weight excluding hydrogens is 326 g/mol. The average Bonchev–Trinajstić information content (AvgIpc) is 2.93. The van der Waals surface area contributed by atoms with E-state index in [1.54, 1.807) is 12.1 Å². The molecule has 6 heteroatoms. The smallest absolute Gasteiger partial charge is 0.257 e. The number of halogens is 1. The molecule has 24 heavy (non-hydrogen) atoms. The van der Waals surface area contributed by atoms with E-state index in [1.807, 2.05) is 30.9 Å². The minimum Gasteiger partial charge on any atom is -0.388 e. The molecule has 128 valence electrons. The van der Waals surface area contributed by atoms with E-state index < -0.39 is 6.10 Å². The molecule has 3 rings (SSSR count). The van der Waals surface area contributed by atoms with Gasteiger partial charge in [-0.05, 0) is 50.3 Å². The quantitative estimate of drug-likeness (QED) is 0.895. The Bertz CT molecular complexity index is 699. The summed E-state index contributed by atoms with van der Waals surface area (Å²) < 4.78 is 0. The topological polar surface area (TPSA) is 69.2 Å². The maximum absolute atomic E-state index is 12.7. The van der Waals surface area contributed by atoms with Crippen LogP contribution >= 0.6 is 11.6 Å². The van der Waals surface area contributed by atoms with Crippen molar-refractivity contribution >= 4 is 17.5 Å². The summed E-state index contributed by atoms with van der Waals surface area (Å²) in [4.78, 5) is 14.5. The van der Waals surface area contributed by atoms with Crippen LogP contribution in [0, 0.1) is 19.8 Å². The Kier molecular flexibility index (Phi) is 4.92. The van der Waals surface area contributed by atoms with E-state index >= 15 is 0 Å². The Morgan fingerprint density at radius 2 is 1.92 bits per heavy atom. The Hall–Kier alpha value is -1.85. The molecule has 1 fully saturated rings. The van der Waals surface area contributed by atoms with Gasteiger partial charge in [-0.2, -0.15) is 5.10 Å². The fraction of sp³-hybridized carbons (Fsp3) is 0.444. The number of nitrogens with one attached hydrogen (secondary N) is 1. The number of H-pyrrole nitrogens is 1. The minimum atomic E-state index is -0.517. The van der Waals surface area contributed by atoms with Crippen molar-refractivity contribution in [3.05, 3.63) is 51.8 Å². The van der Waals surface area contributed by atoms with Gasteiger partial charge in [-0.25, -0.2) is 0 Å². The van der Waals surface area contributed by atoms with Crippen LogP contribution in [0.15, 0.2) is 24.3 Å². The lowest BCUT2D eigenvalue weighted by Crippen LogP contribution is -2.40. The molecule has 5 nitrogen and oxygen atoms in total. The van der Waals surface area contributed by atoms with Gasteiger partial charge >= 0.3 is 0 Å². The van der Waals surface area contributed by atoms with Gasteiger partial charge in [0.15, 0.2) is 0 Å². The van der Waals surface area contributed by atoms with Crippen LogP contribution in [-0.2, 0) is 0 Å². The summed E-state index contributed by atoms with van der Waals surface area (Å²) in [6, 6.07) is 7.32. The summed E-state index contributed by atoms with van der Waals surface area (Å²) in [6.07, 6.45) is 1.05. The predicted molar refractivity (Wildman–Crippen MR) is 93.1 cm³/mol. The van der Waals surface area contributed by atoms with Crippen LogP contribution in [0.2, 0.25) is 5.02 Å². The van der Waals surface area contributed by atoms with E-state index in [1.165, 1.54) is 0 Å². The number of hydrogen-bond donors (Lipinski definition) is 2. The standard InChI is InChI=1S/C18H22ClN3O2/c1-11-16(12(2)21-20-11)18(24)22-9-7-14(8-10-22)17(23)13-3-5-15(19)6-4-13/h3-6,14,17,23H,7-10H2,1-2H3,(H,20,21). The van der Waals surface area contributed by atoms with Gasteiger partial charge in [-0.1, -0.05) is 23.7 Å². The molecule has 0 saturated carbocycles. The van der Waals surface area contributed by atoms with Gasteiger partial charge in [-0.3, -0.25) is 9.89 Å². The average molecular weight is 348 g/mol. The Balaban J connectivity index is 1.63. The van der Waals surface area contributed by atoms with Crippen molar-refractivity contribution in [3.8, 4) is 0 Å². The van der Waals surface area contributed by atoms with E-state index in [0.717, 1.165) is 29.8 Å². The highest BCUT2D eigenvalue weighted by molar-refractivity contribution is 6.30. The molecule has 1 saturated heterocycles. The monoisotopic (exact) mass is 347 g/mol. The van der Waals surface area contributed by atoms with Crippen LogP contribution < -0.4 is 0 Å². The number of likely N-dealkylation sites (tertiary alicyclic amines) is 1. The summed E-state index contributed by atoms with van der Waals surface area (Å²) in [7, 11) is 0. The van der Waals surface area contributed by atoms with Crippen LogP contribution in [0.25, 0.3) is 0 Å². The summed E-state index contributed by atoms with van der Waals surface area (Å²) in [5, 5.41) is 18.2. The number of rotatable bonds is 3. The predicted octanol–water partition coefficient (Wildman–Crippen LogP) is 3.27. The van der Waals surface area contributed by atoms with E-state index in [-0.39, 0.29) is 11.8 Å². The number of nitrogens with zero attached hydrogens (tertiary/aromatic N) is 2. The van der Waals surface area contributed by atoms with Gasteiger partial charge in [0.2, 0.25) is 0 Å². The molecule has 1 amide bonds. The second-order valence-corrected chi connectivity index (χ2v) is 6.87. The van der Waals surface area contributed by atoms with E-state index in [9.17, 15) is 9.90 Å². The van der Waals surface area contributed by atoms with Crippen LogP contribution in [-0.4, -0.2) is 39.2 Å². The molecule has 0 aliphatic carbocycles. The number of aliphatic hydroxyl groups excluding tert-OH is 1. The van der Waals surface area contributed by atoms with Gasteiger partial charge in [0.1, 0.15) is 0 Å². The molecule has 2 heterocycles. The van der Waals surface area contributed by atoms with Crippen molar-refractivity contribution in [2.24, 2.45) is 5.92 Å². The fourth-order valence-electron chi connectivity index (χ4n) is 3.37. The van der Waals surface area contributed by atoms with Crippen molar-refractivity contribution in [1.29, 1.82) is 0 Å². The molecule has 2 N–H and O–H groups in total. The zero-order chi connectivity index (χ0) is 17.3. The molecule has 1 aromatic heterocycles. The number of carbonyl (C=O) groups excluding carboxylic acids is 1. The van der Waals surface area contributed by atoms with Gasteiger partial charge < -0.3 is 10.0 Å². The van der Waals surface area contributed by atoms with Crippen LogP contribution in [0.4, 0.5) is 0 Å². The fourth-order valence-corrected chi connectivity index (χ4v) is 3.50. The number of aliphatic hydroxyl groups is 1. The Labute approximate surface area is 146 Å². The number of hydrogen-bond acceptors (Lipinski definition) is 3. The van der Waals surface area contributed by atoms with Crippen LogP contribution in [0.3, 0.4) is 0 Å². The second-order valence-electron chi connectivity index (χ2n) is 6.44. The first-order valence-electron chi connectivity index (χ1n) is 8.21. The molecule has 1 atom stereocenters. The Morgan fingerprint density at radius 1 is 1.29 bits per heavy atom. The number of piperidine rings is 1. The molecule has 1 aliphatic rings. The molecule has 1 aliphatic heterocycles. The normalized spacial score (nSPS) is 17.1. The number of aromatic nitrogens is 2. The Morgan fingerprint density at radius 3 is 2.46 bits per heavy atom. The van der Waals surface area contributed by atoms with Crippen molar-refractivity contribution in [3.63, 3.8) is 0 Å². The lowest BCUT2D eigenvalue weighted by atomic mass is 9.87. The molecule has 1 unspecified atom stereocenters. The van der Waals surface area contributed by atoms with E-state index in [2.05, 4.69) is 10.2 Å². The first-order chi connectivity index (χ1) is 11.5. The highest BCUT2D eigenvalue weighted by Crippen LogP contribution is 2.32. The van der Waals surface area contributed by atoms with Gasteiger partial charge in [0.25, 0.3) is 5.91 Å².